The van der Waals surface area contributed by atoms with Crippen LogP contribution in [0.15, 0.2) is 36.6 Å². The lowest BCUT2D eigenvalue weighted by Crippen LogP contribution is -2.38. The predicted molar refractivity (Wildman–Crippen MR) is 52.6 cm³/mol. The van der Waals surface area contributed by atoms with Gasteiger partial charge in [-0.3, -0.25) is 0 Å². The van der Waals surface area contributed by atoms with E-state index in [4.69, 9.17) is 9.47 Å². The third-order valence-corrected chi connectivity index (χ3v) is 2.61. The molecule has 0 bridgehead atoms. The molecule has 1 fully saturated rings. The minimum absolute atomic E-state index is 0.0382. The summed E-state index contributed by atoms with van der Waals surface area (Å²) in [5, 5.41) is 9.65. The Labute approximate surface area is 83.3 Å². The van der Waals surface area contributed by atoms with Crippen molar-refractivity contribution < 1.29 is 14.6 Å². The van der Waals surface area contributed by atoms with Gasteiger partial charge in [-0.1, -0.05) is 12.7 Å². The van der Waals surface area contributed by atoms with Crippen molar-refractivity contribution in [3.63, 3.8) is 0 Å². The van der Waals surface area contributed by atoms with Crippen molar-refractivity contribution in [2.45, 2.75) is 31.3 Å². The molecule has 2 rings (SSSR count). The Morgan fingerprint density at radius 1 is 1.57 bits per heavy atom. The molecule has 0 aromatic heterocycles. The van der Waals surface area contributed by atoms with Crippen LogP contribution < -0.4 is 0 Å². The van der Waals surface area contributed by atoms with Crippen LogP contribution in [0.5, 0.6) is 0 Å². The molecule has 2 aliphatic rings. The largest absolute Gasteiger partial charge is 0.488 e. The fourth-order valence-electron chi connectivity index (χ4n) is 1.86. The number of rotatable bonds is 1. The maximum absolute atomic E-state index is 9.65. The molecule has 0 saturated carbocycles. The summed E-state index contributed by atoms with van der Waals surface area (Å²) in [6, 6.07) is 0. The van der Waals surface area contributed by atoms with Crippen LogP contribution in [0.4, 0.5) is 0 Å². The maximum Gasteiger partial charge on any atom is 0.126 e. The first kappa shape index (κ1) is 9.49. The molecule has 0 aromatic rings. The van der Waals surface area contributed by atoms with Crippen LogP contribution in [0, 0.1) is 0 Å². The number of hydrogen-bond acceptors (Lipinski definition) is 3. The minimum Gasteiger partial charge on any atom is -0.488 e. The standard InChI is InChI=1S/C11H14O3/c1-4-10-9(12)5-8-6(2)13-7(3)11(8)14-10/h4-5,7,9-12H,1-2H2,3H3/t7-,9+,10+,11+/m0/s1. The highest BCUT2D eigenvalue weighted by atomic mass is 16.6. The van der Waals surface area contributed by atoms with E-state index in [2.05, 4.69) is 13.2 Å². The summed E-state index contributed by atoms with van der Waals surface area (Å²) in [5.41, 5.74) is 0.864. The van der Waals surface area contributed by atoms with Crippen LogP contribution in [0.25, 0.3) is 0 Å². The van der Waals surface area contributed by atoms with E-state index < -0.39 is 6.10 Å². The highest BCUT2D eigenvalue weighted by Crippen LogP contribution is 2.35. The van der Waals surface area contributed by atoms with Gasteiger partial charge in [0, 0.05) is 5.57 Å². The lowest BCUT2D eigenvalue weighted by molar-refractivity contribution is -0.0589. The van der Waals surface area contributed by atoms with E-state index in [0.29, 0.717) is 5.76 Å². The van der Waals surface area contributed by atoms with Crippen molar-refractivity contribution in [3.05, 3.63) is 36.6 Å². The molecule has 0 spiro atoms. The van der Waals surface area contributed by atoms with Crippen molar-refractivity contribution in [3.8, 4) is 0 Å². The highest BCUT2D eigenvalue weighted by Gasteiger charge is 2.40. The van der Waals surface area contributed by atoms with Gasteiger partial charge in [0.1, 0.15) is 30.2 Å². The van der Waals surface area contributed by atoms with Crippen LogP contribution in [0.3, 0.4) is 0 Å². The molecule has 0 aromatic carbocycles. The molecule has 1 saturated heterocycles. The summed E-state index contributed by atoms with van der Waals surface area (Å²) >= 11 is 0. The summed E-state index contributed by atoms with van der Waals surface area (Å²) in [5.74, 6) is 0.601. The van der Waals surface area contributed by atoms with E-state index in [9.17, 15) is 5.11 Å². The molecule has 76 valence electrons. The van der Waals surface area contributed by atoms with E-state index in [1.54, 1.807) is 12.2 Å². The van der Waals surface area contributed by atoms with Gasteiger partial charge in [0.25, 0.3) is 0 Å². The fraction of sp³-hybridized carbons (Fsp3) is 0.455. The van der Waals surface area contributed by atoms with Gasteiger partial charge in [-0.25, -0.2) is 0 Å². The van der Waals surface area contributed by atoms with Gasteiger partial charge in [0.05, 0.1) is 0 Å². The zero-order chi connectivity index (χ0) is 10.3. The predicted octanol–water partition coefficient (Wildman–Crippen LogP) is 1.16. The Bertz CT molecular complexity index is 306. The molecule has 2 heterocycles. The van der Waals surface area contributed by atoms with Crippen LogP contribution in [-0.4, -0.2) is 29.5 Å². The fourth-order valence-corrected chi connectivity index (χ4v) is 1.86. The second kappa shape index (κ2) is 3.26. The third kappa shape index (κ3) is 1.29. The van der Waals surface area contributed by atoms with Crippen LogP contribution >= 0.6 is 0 Å². The third-order valence-electron chi connectivity index (χ3n) is 2.61. The molecule has 0 amide bonds. The van der Waals surface area contributed by atoms with Crippen molar-refractivity contribution in [1.82, 2.24) is 0 Å². The van der Waals surface area contributed by atoms with E-state index in [0.717, 1.165) is 5.57 Å². The molecule has 1 N–H and O–H groups in total. The maximum atomic E-state index is 9.65. The van der Waals surface area contributed by atoms with Gasteiger partial charge in [0.2, 0.25) is 0 Å². The highest BCUT2D eigenvalue weighted by molar-refractivity contribution is 5.36. The first-order chi connectivity index (χ1) is 6.63. The summed E-state index contributed by atoms with van der Waals surface area (Å²) < 4.78 is 11.0. The average Bonchev–Trinajstić information content (AvgIpc) is 2.41. The van der Waals surface area contributed by atoms with Crippen molar-refractivity contribution in [1.29, 1.82) is 0 Å². The quantitative estimate of drug-likeness (QED) is 0.636. The lowest BCUT2D eigenvalue weighted by atomic mass is 9.99. The first-order valence-corrected chi connectivity index (χ1v) is 4.67. The molecule has 3 heteroatoms. The number of aliphatic hydroxyl groups is 1. The minimum atomic E-state index is -0.649. The van der Waals surface area contributed by atoms with E-state index >= 15 is 0 Å². The number of ether oxygens (including phenoxy) is 2. The molecule has 2 aliphatic heterocycles. The Morgan fingerprint density at radius 2 is 2.29 bits per heavy atom. The molecular weight excluding hydrogens is 180 g/mol. The SMILES string of the molecule is C=C[C@H]1O[C@H]2C(=C[C@H]1O)C(=C)O[C@H]2C. The average molecular weight is 194 g/mol. The van der Waals surface area contributed by atoms with Gasteiger partial charge in [-0.15, -0.1) is 6.58 Å². The zero-order valence-electron chi connectivity index (χ0n) is 8.14. The topological polar surface area (TPSA) is 38.7 Å². The second-order valence-corrected chi connectivity index (χ2v) is 3.62. The number of aliphatic hydroxyl groups excluding tert-OH is 1. The van der Waals surface area contributed by atoms with Crippen LogP contribution in [-0.2, 0) is 9.47 Å². The Hall–Kier alpha value is -1.06. The summed E-state index contributed by atoms with van der Waals surface area (Å²) in [6.07, 6.45) is 2.20. The Balaban J connectivity index is 2.30. The Morgan fingerprint density at radius 3 is 2.93 bits per heavy atom. The van der Waals surface area contributed by atoms with Crippen LogP contribution in [0.2, 0.25) is 0 Å². The number of fused-ring (bicyclic) bond motifs is 1. The van der Waals surface area contributed by atoms with Gasteiger partial charge in [-0.2, -0.15) is 0 Å². The molecular formula is C11H14O3. The van der Waals surface area contributed by atoms with Crippen molar-refractivity contribution >= 4 is 0 Å². The monoisotopic (exact) mass is 194 g/mol. The van der Waals surface area contributed by atoms with Gasteiger partial charge >= 0.3 is 0 Å². The van der Waals surface area contributed by atoms with Crippen molar-refractivity contribution in [2.75, 3.05) is 0 Å². The summed E-state index contributed by atoms with van der Waals surface area (Å²) in [6.45, 7) is 9.31. The summed E-state index contributed by atoms with van der Waals surface area (Å²) in [4.78, 5) is 0. The smallest absolute Gasteiger partial charge is 0.126 e. The zero-order valence-corrected chi connectivity index (χ0v) is 8.14. The lowest BCUT2D eigenvalue weighted by Gasteiger charge is -2.28. The van der Waals surface area contributed by atoms with Gasteiger partial charge in [-0.05, 0) is 13.0 Å². The Kier molecular flexibility index (Phi) is 2.21. The first-order valence-electron chi connectivity index (χ1n) is 4.67. The normalized spacial score (nSPS) is 41.3. The van der Waals surface area contributed by atoms with Crippen molar-refractivity contribution in [2.24, 2.45) is 0 Å². The van der Waals surface area contributed by atoms with Gasteiger partial charge < -0.3 is 14.6 Å². The van der Waals surface area contributed by atoms with E-state index in [-0.39, 0.29) is 18.3 Å². The summed E-state index contributed by atoms with van der Waals surface area (Å²) in [7, 11) is 0. The molecule has 0 unspecified atom stereocenters. The molecule has 0 aliphatic carbocycles. The van der Waals surface area contributed by atoms with E-state index in [1.165, 1.54) is 0 Å². The molecule has 3 nitrogen and oxygen atoms in total. The molecule has 0 radical (unpaired) electrons. The molecule has 4 atom stereocenters. The van der Waals surface area contributed by atoms with Crippen LogP contribution in [0.1, 0.15) is 6.92 Å². The van der Waals surface area contributed by atoms with Gasteiger partial charge in [0.15, 0.2) is 0 Å². The van der Waals surface area contributed by atoms with E-state index in [1.807, 2.05) is 6.92 Å². The second-order valence-electron chi connectivity index (χ2n) is 3.62. The number of hydrogen-bond donors (Lipinski definition) is 1. The molecule has 14 heavy (non-hydrogen) atoms.